The van der Waals surface area contributed by atoms with Crippen LogP contribution in [0.5, 0.6) is 0 Å². The minimum atomic E-state index is 0.413. The molecule has 0 aromatic rings. The van der Waals surface area contributed by atoms with Crippen molar-refractivity contribution in [3.05, 3.63) is 12.2 Å². The van der Waals surface area contributed by atoms with E-state index >= 15 is 0 Å². The largest absolute Gasteiger partial charge is 0.123 e. The molecule has 0 aliphatic rings. The average Bonchev–Trinajstić information content (AvgIpc) is 2.16. The molecule has 1 unspecified atom stereocenters. The van der Waals surface area contributed by atoms with Crippen molar-refractivity contribution in [2.75, 3.05) is 0 Å². The summed E-state index contributed by atoms with van der Waals surface area (Å²) in [6.45, 7) is 4.24. The topological polar surface area (TPSA) is 0 Å². The number of alkyl halides is 1. The summed E-state index contributed by atoms with van der Waals surface area (Å²) < 4.78 is 0. The van der Waals surface area contributed by atoms with Gasteiger partial charge in [-0.05, 0) is 32.6 Å². The van der Waals surface area contributed by atoms with E-state index in [1.807, 2.05) is 0 Å². The Hall–Kier alpha value is 0.0300. The second-order valence-electron chi connectivity index (χ2n) is 3.57. The number of rotatable bonds is 8. The van der Waals surface area contributed by atoms with E-state index in [1.54, 1.807) is 0 Å². The van der Waals surface area contributed by atoms with Gasteiger partial charge in [-0.15, -0.1) is 11.6 Å². The molecule has 0 nitrogen and oxygen atoms in total. The zero-order chi connectivity index (χ0) is 9.94. The minimum Gasteiger partial charge on any atom is -0.123 e. The molecule has 0 rings (SSSR count). The van der Waals surface area contributed by atoms with E-state index in [1.165, 1.54) is 38.5 Å². The molecule has 0 aromatic heterocycles. The van der Waals surface area contributed by atoms with E-state index in [-0.39, 0.29) is 0 Å². The first-order valence-corrected chi connectivity index (χ1v) is 6.00. The Kier molecular flexibility index (Phi) is 10.1. The highest BCUT2D eigenvalue weighted by molar-refractivity contribution is 6.20. The lowest BCUT2D eigenvalue weighted by Crippen LogP contribution is -1.94. The van der Waals surface area contributed by atoms with Gasteiger partial charge in [0.1, 0.15) is 0 Å². The molecule has 0 aromatic carbocycles. The maximum absolute atomic E-state index is 6.02. The lowest BCUT2D eigenvalue weighted by atomic mass is 10.1. The smallest absolute Gasteiger partial charge is 0.0333 e. The van der Waals surface area contributed by atoms with Crippen LogP contribution in [0.25, 0.3) is 0 Å². The van der Waals surface area contributed by atoms with Crippen molar-refractivity contribution in [2.45, 2.75) is 64.2 Å². The second-order valence-corrected chi connectivity index (χ2v) is 4.18. The highest BCUT2D eigenvalue weighted by atomic mass is 35.5. The summed E-state index contributed by atoms with van der Waals surface area (Å²) in [7, 11) is 0. The van der Waals surface area contributed by atoms with E-state index in [0.717, 1.165) is 6.42 Å². The Morgan fingerprint density at radius 1 is 1.15 bits per heavy atom. The van der Waals surface area contributed by atoms with Crippen LogP contribution in [0, 0.1) is 0 Å². The number of unbranched alkanes of at least 4 members (excludes halogenated alkanes) is 4. The summed E-state index contributed by atoms with van der Waals surface area (Å²) in [5, 5.41) is 0.413. The van der Waals surface area contributed by atoms with Gasteiger partial charge in [-0.3, -0.25) is 0 Å². The summed E-state index contributed by atoms with van der Waals surface area (Å²) in [5.74, 6) is 0. The molecule has 0 heterocycles. The van der Waals surface area contributed by atoms with Crippen LogP contribution in [-0.4, -0.2) is 5.38 Å². The molecule has 0 bridgehead atoms. The Labute approximate surface area is 88.4 Å². The number of hydrogen-bond donors (Lipinski definition) is 0. The van der Waals surface area contributed by atoms with Gasteiger partial charge < -0.3 is 0 Å². The van der Waals surface area contributed by atoms with Gasteiger partial charge in [0.25, 0.3) is 0 Å². The molecule has 0 saturated heterocycles. The summed E-state index contributed by atoms with van der Waals surface area (Å²) in [5.41, 5.74) is 0. The fraction of sp³-hybridized carbons (Fsp3) is 0.833. The highest BCUT2D eigenvalue weighted by Crippen LogP contribution is 2.13. The molecule has 1 heteroatoms. The number of hydrogen-bond acceptors (Lipinski definition) is 0. The quantitative estimate of drug-likeness (QED) is 0.298. The van der Waals surface area contributed by atoms with Crippen LogP contribution in [0.2, 0.25) is 0 Å². The van der Waals surface area contributed by atoms with Gasteiger partial charge in [0.15, 0.2) is 0 Å². The van der Waals surface area contributed by atoms with Crippen molar-refractivity contribution < 1.29 is 0 Å². The Morgan fingerprint density at radius 3 is 2.46 bits per heavy atom. The Morgan fingerprint density at radius 2 is 1.85 bits per heavy atom. The molecular weight excluding hydrogens is 180 g/mol. The molecule has 0 fully saturated rings. The first-order chi connectivity index (χ1) is 6.31. The van der Waals surface area contributed by atoms with Crippen LogP contribution < -0.4 is 0 Å². The molecule has 0 aliphatic heterocycles. The van der Waals surface area contributed by atoms with E-state index in [9.17, 15) is 0 Å². The Balaban J connectivity index is 2.99. The molecule has 0 aliphatic carbocycles. The van der Waals surface area contributed by atoms with Crippen LogP contribution >= 0.6 is 11.6 Å². The third kappa shape index (κ3) is 9.95. The fourth-order valence-corrected chi connectivity index (χ4v) is 1.51. The Bertz CT molecular complexity index is 118. The second kappa shape index (κ2) is 10.1. The standard InChI is InChI=1S/C12H23Cl/c1-3-5-6-7-8-9-10-11-12(13)4-2/h3,5,12H,4,6-11H2,1-2H3. The number of allylic oxidation sites excluding steroid dienone is 2. The predicted octanol–water partition coefficient (Wildman–Crippen LogP) is 4.92. The van der Waals surface area contributed by atoms with Crippen LogP contribution in [0.15, 0.2) is 12.2 Å². The van der Waals surface area contributed by atoms with Gasteiger partial charge in [-0.1, -0.05) is 38.3 Å². The van der Waals surface area contributed by atoms with Gasteiger partial charge in [0, 0.05) is 5.38 Å². The molecule has 1 atom stereocenters. The van der Waals surface area contributed by atoms with Crippen LogP contribution in [-0.2, 0) is 0 Å². The SMILES string of the molecule is CC=CCCCCCCC(Cl)CC. The van der Waals surface area contributed by atoms with E-state index < -0.39 is 0 Å². The molecule has 0 spiro atoms. The van der Waals surface area contributed by atoms with Gasteiger partial charge in [-0.2, -0.15) is 0 Å². The van der Waals surface area contributed by atoms with Gasteiger partial charge in [0.2, 0.25) is 0 Å². The van der Waals surface area contributed by atoms with Crippen molar-refractivity contribution in [1.82, 2.24) is 0 Å². The molecule has 0 saturated carbocycles. The monoisotopic (exact) mass is 202 g/mol. The third-order valence-electron chi connectivity index (χ3n) is 2.32. The highest BCUT2D eigenvalue weighted by Gasteiger charge is 1.99. The summed E-state index contributed by atoms with van der Waals surface area (Å²) in [6, 6.07) is 0. The van der Waals surface area contributed by atoms with Crippen LogP contribution in [0.4, 0.5) is 0 Å². The van der Waals surface area contributed by atoms with Crippen LogP contribution in [0.1, 0.15) is 58.8 Å². The molecule has 0 radical (unpaired) electrons. The number of halogens is 1. The summed E-state index contributed by atoms with van der Waals surface area (Å²) >= 11 is 6.02. The van der Waals surface area contributed by atoms with Crippen molar-refractivity contribution >= 4 is 11.6 Å². The predicted molar refractivity (Wildman–Crippen MR) is 62.4 cm³/mol. The molecule has 0 amide bonds. The minimum absolute atomic E-state index is 0.413. The van der Waals surface area contributed by atoms with Crippen molar-refractivity contribution in [2.24, 2.45) is 0 Å². The van der Waals surface area contributed by atoms with Gasteiger partial charge in [-0.25, -0.2) is 0 Å². The third-order valence-corrected chi connectivity index (χ3v) is 2.84. The van der Waals surface area contributed by atoms with Gasteiger partial charge in [0.05, 0.1) is 0 Å². The molecular formula is C12H23Cl. The molecule has 0 N–H and O–H groups in total. The lowest BCUT2D eigenvalue weighted by Gasteiger charge is -2.04. The summed E-state index contributed by atoms with van der Waals surface area (Å²) in [4.78, 5) is 0. The van der Waals surface area contributed by atoms with E-state index in [4.69, 9.17) is 11.6 Å². The normalized spacial score (nSPS) is 13.8. The summed E-state index contributed by atoms with van der Waals surface area (Å²) in [6.07, 6.45) is 13.3. The van der Waals surface area contributed by atoms with E-state index in [0.29, 0.717) is 5.38 Å². The van der Waals surface area contributed by atoms with Gasteiger partial charge >= 0.3 is 0 Å². The fourth-order valence-electron chi connectivity index (χ4n) is 1.35. The average molecular weight is 203 g/mol. The zero-order valence-corrected chi connectivity index (χ0v) is 9.82. The van der Waals surface area contributed by atoms with E-state index in [2.05, 4.69) is 26.0 Å². The first kappa shape index (κ1) is 13.0. The maximum atomic E-state index is 6.02. The first-order valence-electron chi connectivity index (χ1n) is 5.56. The zero-order valence-electron chi connectivity index (χ0n) is 9.06. The molecule has 13 heavy (non-hydrogen) atoms. The molecule has 78 valence electrons. The van der Waals surface area contributed by atoms with Crippen molar-refractivity contribution in [1.29, 1.82) is 0 Å². The van der Waals surface area contributed by atoms with Crippen molar-refractivity contribution in [3.63, 3.8) is 0 Å². The van der Waals surface area contributed by atoms with Crippen LogP contribution in [0.3, 0.4) is 0 Å². The van der Waals surface area contributed by atoms with Crippen molar-refractivity contribution in [3.8, 4) is 0 Å². The lowest BCUT2D eigenvalue weighted by molar-refractivity contribution is 0.596. The maximum Gasteiger partial charge on any atom is 0.0333 e.